The van der Waals surface area contributed by atoms with Gasteiger partial charge in [0.25, 0.3) is 5.91 Å². The van der Waals surface area contributed by atoms with E-state index in [2.05, 4.69) is 5.32 Å². The van der Waals surface area contributed by atoms with E-state index in [-0.39, 0.29) is 23.3 Å². The van der Waals surface area contributed by atoms with Crippen molar-refractivity contribution >= 4 is 22.8 Å². The molecule has 0 spiro atoms. The fourth-order valence-electron chi connectivity index (χ4n) is 3.23. The number of hydrogen-bond donors (Lipinski definition) is 2. The molecule has 6 nitrogen and oxygen atoms in total. The number of amides is 1. The van der Waals surface area contributed by atoms with E-state index in [1.807, 2.05) is 30.3 Å². The van der Waals surface area contributed by atoms with Crippen molar-refractivity contribution < 1.29 is 19.1 Å². The Hall–Kier alpha value is -3.41. The maximum atomic E-state index is 12.8. The Morgan fingerprint density at radius 1 is 1.00 bits per heavy atom. The van der Waals surface area contributed by atoms with Gasteiger partial charge in [-0.15, -0.1) is 0 Å². The number of para-hydroxylation sites is 1. The molecular formula is C23H23NO5. The van der Waals surface area contributed by atoms with Gasteiger partial charge in [-0.2, -0.15) is 0 Å². The molecule has 0 aliphatic heterocycles. The highest BCUT2D eigenvalue weighted by molar-refractivity contribution is 6.05. The molecule has 1 aromatic heterocycles. The lowest BCUT2D eigenvalue weighted by atomic mass is 10.0. The maximum Gasteiger partial charge on any atom is 0.303 e. The van der Waals surface area contributed by atoms with Crippen molar-refractivity contribution in [3.63, 3.8) is 0 Å². The van der Waals surface area contributed by atoms with Crippen LogP contribution in [0.4, 0.5) is 0 Å². The highest BCUT2D eigenvalue weighted by atomic mass is 16.4. The lowest BCUT2D eigenvalue weighted by Crippen LogP contribution is -2.25. The van der Waals surface area contributed by atoms with Crippen molar-refractivity contribution in [3.05, 3.63) is 69.9 Å². The molecule has 0 radical (unpaired) electrons. The fraction of sp³-hybridized carbons (Fsp3) is 0.261. The van der Waals surface area contributed by atoms with E-state index in [0.717, 1.165) is 5.56 Å². The minimum atomic E-state index is -0.815. The van der Waals surface area contributed by atoms with E-state index < -0.39 is 5.97 Å². The van der Waals surface area contributed by atoms with Crippen LogP contribution in [0.2, 0.25) is 0 Å². The van der Waals surface area contributed by atoms with E-state index in [0.29, 0.717) is 48.1 Å². The number of carbonyl (C=O) groups excluding carboxylic acids is 1. The summed E-state index contributed by atoms with van der Waals surface area (Å²) in [5.74, 6) is -0.679. The van der Waals surface area contributed by atoms with Crippen LogP contribution in [-0.2, 0) is 4.79 Å². The van der Waals surface area contributed by atoms with Gasteiger partial charge < -0.3 is 14.8 Å². The summed E-state index contributed by atoms with van der Waals surface area (Å²) in [6, 6.07) is 14.3. The second-order valence-corrected chi connectivity index (χ2v) is 6.89. The number of fused-ring (bicyclic) bond motifs is 1. The molecule has 0 saturated heterocycles. The number of benzene rings is 2. The van der Waals surface area contributed by atoms with E-state index in [9.17, 15) is 14.4 Å². The van der Waals surface area contributed by atoms with Crippen LogP contribution in [0, 0.1) is 6.92 Å². The number of carboxylic acid groups (broad SMARTS) is 1. The summed E-state index contributed by atoms with van der Waals surface area (Å²) in [5.41, 5.74) is 1.69. The molecule has 2 aromatic carbocycles. The van der Waals surface area contributed by atoms with E-state index in [1.54, 1.807) is 25.1 Å². The highest BCUT2D eigenvalue weighted by Crippen LogP contribution is 2.27. The Balaban J connectivity index is 1.85. The zero-order chi connectivity index (χ0) is 20.8. The molecule has 0 atom stereocenters. The molecule has 6 heteroatoms. The molecular weight excluding hydrogens is 370 g/mol. The number of carboxylic acids is 1. The standard InChI is InChI=1S/C23H23NO5/c1-15-20(27)17-11-8-12-18(23(28)24-14-7-3-6-13-19(25)26)22(17)29-21(15)16-9-4-2-5-10-16/h2,4-5,8-12H,3,6-7,13-14H2,1H3,(H,24,28)(H,25,26). The van der Waals surface area contributed by atoms with Gasteiger partial charge in [0.05, 0.1) is 10.9 Å². The second kappa shape index (κ2) is 9.19. The van der Waals surface area contributed by atoms with Crippen LogP contribution >= 0.6 is 0 Å². The number of hydrogen-bond acceptors (Lipinski definition) is 4. The Morgan fingerprint density at radius 2 is 1.76 bits per heavy atom. The average molecular weight is 393 g/mol. The summed E-state index contributed by atoms with van der Waals surface area (Å²) in [6.07, 6.45) is 2.11. The third kappa shape index (κ3) is 4.71. The van der Waals surface area contributed by atoms with Gasteiger partial charge in [0.1, 0.15) is 5.76 Å². The minimum absolute atomic E-state index is 0.129. The Morgan fingerprint density at radius 3 is 2.48 bits per heavy atom. The quantitative estimate of drug-likeness (QED) is 0.561. The van der Waals surface area contributed by atoms with Crippen LogP contribution < -0.4 is 10.7 Å². The third-order valence-electron chi connectivity index (χ3n) is 4.78. The molecule has 0 fully saturated rings. The Kier molecular flexibility index (Phi) is 6.44. The van der Waals surface area contributed by atoms with Gasteiger partial charge in [-0.1, -0.05) is 42.8 Å². The van der Waals surface area contributed by atoms with Crippen molar-refractivity contribution in [2.24, 2.45) is 0 Å². The summed E-state index contributed by atoms with van der Waals surface area (Å²) in [4.78, 5) is 36.0. The largest absolute Gasteiger partial charge is 0.481 e. The van der Waals surface area contributed by atoms with Crippen molar-refractivity contribution in [1.29, 1.82) is 0 Å². The van der Waals surface area contributed by atoms with Gasteiger partial charge in [0, 0.05) is 24.1 Å². The van der Waals surface area contributed by atoms with Crippen molar-refractivity contribution in [2.75, 3.05) is 6.54 Å². The van der Waals surface area contributed by atoms with E-state index in [1.165, 1.54) is 0 Å². The molecule has 2 N–H and O–H groups in total. The normalized spacial score (nSPS) is 10.8. The topological polar surface area (TPSA) is 96.6 Å². The summed E-state index contributed by atoms with van der Waals surface area (Å²) < 4.78 is 6.06. The second-order valence-electron chi connectivity index (χ2n) is 6.89. The molecule has 29 heavy (non-hydrogen) atoms. The van der Waals surface area contributed by atoms with Gasteiger partial charge in [-0.05, 0) is 31.9 Å². The SMILES string of the molecule is Cc1c(-c2ccccc2)oc2c(C(=O)NCCCCCC(=O)O)cccc2c1=O. The van der Waals surface area contributed by atoms with Crippen LogP contribution in [0.3, 0.4) is 0 Å². The van der Waals surface area contributed by atoms with Crippen LogP contribution in [0.25, 0.3) is 22.3 Å². The molecule has 0 unspecified atom stereocenters. The lowest BCUT2D eigenvalue weighted by molar-refractivity contribution is -0.137. The molecule has 1 amide bonds. The van der Waals surface area contributed by atoms with Crippen molar-refractivity contribution in [3.8, 4) is 11.3 Å². The molecule has 0 bridgehead atoms. The third-order valence-corrected chi connectivity index (χ3v) is 4.78. The van der Waals surface area contributed by atoms with Crippen LogP contribution in [0.15, 0.2) is 57.7 Å². The summed E-state index contributed by atoms with van der Waals surface area (Å²) in [7, 11) is 0. The number of aliphatic carboxylic acids is 1. The smallest absolute Gasteiger partial charge is 0.303 e. The monoisotopic (exact) mass is 393 g/mol. The van der Waals surface area contributed by atoms with Gasteiger partial charge in [0.15, 0.2) is 11.0 Å². The van der Waals surface area contributed by atoms with Gasteiger partial charge in [0.2, 0.25) is 0 Å². The van der Waals surface area contributed by atoms with Crippen LogP contribution in [0.1, 0.15) is 41.6 Å². The summed E-state index contributed by atoms with van der Waals surface area (Å²) in [5, 5.41) is 11.8. The first-order valence-corrected chi connectivity index (χ1v) is 9.61. The molecule has 0 aliphatic carbocycles. The van der Waals surface area contributed by atoms with Gasteiger partial charge in [-0.3, -0.25) is 14.4 Å². The van der Waals surface area contributed by atoms with Crippen molar-refractivity contribution in [2.45, 2.75) is 32.6 Å². The molecule has 0 aliphatic rings. The van der Waals surface area contributed by atoms with E-state index in [4.69, 9.17) is 9.52 Å². The summed E-state index contributed by atoms with van der Waals surface area (Å²) >= 11 is 0. The molecule has 3 rings (SSSR count). The van der Waals surface area contributed by atoms with Gasteiger partial charge in [-0.25, -0.2) is 0 Å². The minimum Gasteiger partial charge on any atom is -0.481 e. The van der Waals surface area contributed by atoms with Crippen molar-refractivity contribution in [1.82, 2.24) is 5.32 Å². The first-order chi connectivity index (χ1) is 14.0. The Bertz CT molecular complexity index is 1090. The number of rotatable bonds is 8. The average Bonchev–Trinajstić information content (AvgIpc) is 2.73. The zero-order valence-electron chi connectivity index (χ0n) is 16.2. The predicted molar refractivity (Wildman–Crippen MR) is 111 cm³/mol. The maximum absolute atomic E-state index is 12.8. The van der Waals surface area contributed by atoms with E-state index >= 15 is 0 Å². The Labute approximate surface area is 168 Å². The number of unbranched alkanes of at least 4 members (excludes halogenated alkanes) is 2. The first-order valence-electron chi connectivity index (χ1n) is 9.61. The number of carbonyl (C=O) groups is 2. The van der Waals surface area contributed by atoms with Crippen LogP contribution in [-0.4, -0.2) is 23.5 Å². The molecule has 150 valence electrons. The lowest BCUT2D eigenvalue weighted by Gasteiger charge is -2.11. The number of nitrogens with one attached hydrogen (secondary N) is 1. The predicted octanol–water partition coefficient (Wildman–Crippen LogP) is 4.14. The summed E-state index contributed by atoms with van der Waals surface area (Å²) in [6.45, 7) is 2.15. The highest BCUT2D eigenvalue weighted by Gasteiger charge is 2.18. The van der Waals surface area contributed by atoms with Crippen LogP contribution in [0.5, 0.6) is 0 Å². The molecule has 3 aromatic rings. The zero-order valence-corrected chi connectivity index (χ0v) is 16.2. The molecule has 1 heterocycles. The molecule has 0 saturated carbocycles. The first kappa shape index (κ1) is 20.3. The fourth-order valence-corrected chi connectivity index (χ4v) is 3.23. The van der Waals surface area contributed by atoms with Gasteiger partial charge >= 0.3 is 5.97 Å².